The number of anilines is 1. The molecule has 31 heavy (non-hydrogen) atoms. The van der Waals surface area contributed by atoms with Gasteiger partial charge in [0.15, 0.2) is 11.6 Å². The zero-order valence-electron chi connectivity index (χ0n) is 17.1. The highest BCUT2D eigenvalue weighted by Gasteiger charge is 2.31. The summed E-state index contributed by atoms with van der Waals surface area (Å²) in [5, 5.41) is 17.8. The van der Waals surface area contributed by atoms with Gasteiger partial charge in [0, 0.05) is 30.2 Å². The minimum Gasteiger partial charge on any atom is -0.453 e. The van der Waals surface area contributed by atoms with Crippen LogP contribution in [0.3, 0.4) is 0 Å². The van der Waals surface area contributed by atoms with Gasteiger partial charge in [0.25, 0.3) is 0 Å². The van der Waals surface area contributed by atoms with E-state index in [0.29, 0.717) is 18.1 Å². The number of methoxy groups -OCH3 is 1. The lowest BCUT2D eigenvalue weighted by Gasteiger charge is -2.32. The van der Waals surface area contributed by atoms with E-state index in [1.165, 1.54) is 7.11 Å². The average Bonchev–Trinajstić information content (AvgIpc) is 3.15. The van der Waals surface area contributed by atoms with E-state index in [2.05, 4.69) is 29.9 Å². The molecule has 0 unspecified atom stereocenters. The molecule has 1 saturated heterocycles. The van der Waals surface area contributed by atoms with Crippen LogP contribution in [0.4, 0.5) is 10.6 Å². The molecule has 2 aliphatic rings. The quantitative estimate of drug-likeness (QED) is 0.605. The smallest absolute Gasteiger partial charge is 0.410 e. The summed E-state index contributed by atoms with van der Waals surface area (Å²) in [6.07, 6.45) is 3.14. The SMILES string of the molecule is COC(=O)N1Cc2cc(Cl)ccc2-n2c(nnc2C2CCN(c3cccnn3)CC2)C1. The van der Waals surface area contributed by atoms with Crippen LogP contribution in [0.1, 0.15) is 36.0 Å². The lowest BCUT2D eigenvalue weighted by molar-refractivity contribution is 0.117. The summed E-state index contributed by atoms with van der Waals surface area (Å²) in [4.78, 5) is 16.2. The minimum atomic E-state index is -0.402. The van der Waals surface area contributed by atoms with Crippen molar-refractivity contribution in [3.05, 3.63) is 58.8 Å². The van der Waals surface area contributed by atoms with E-state index in [4.69, 9.17) is 16.3 Å². The van der Waals surface area contributed by atoms with E-state index in [-0.39, 0.29) is 5.92 Å². The molecule has 2 aromatic heterocycles. The van der Waals surface area contributed by atoms with Crippen LogP contribution in [0, 0.1) is 0 Å². The Morgan fingerprint density at radius 1 is 1.13 bits per heavy atom. The van der Waals surface area contributed by atoms with Gasteiger partial charge in [-0.15, -0.1) is 15.3 Å². The first-order valence-corrected chi connectivity index (χ1v) is 10.6. The predicted molar refractivity (Wildman–Crippen MR) is 114 cm³/mol. The number of benzene rings is 1. The van der Waals surface area contributed by atoms with Crippen molar-refractivity contribution < 1.29 is 9.53 Å². The van der Waals surface area contributed by atoms with E-state index in [9.17, 15) is 4.79 Å². The van der Waals surface area contributed by atoms with Crippen LogP contribution in [-0.2, 0) is 17.8 Å². The predicted octanol–water partition coefficient (Wildman–Crippen LogP) is 3.18. The number of fused-ring (bicyclic) bond motifs is 3. The highest BCUT2D eigenvalue weighted by Crippen LogP contribution is 2.34. The van der Waals surface area contributed by atoms with Crippen molar-refractivity contribution in [1.82, 2.24) is 29.9 Å². The third-order valence-corrected chi connectivity index (χ3v) is 6.14. The minimum absolute atomic E-state index is 0.252. The van der Waals surface area contributed by atoms with Gasteiger partial charge in [0.05, 0.1) is 25.9 Å². The number of carbonyl (C=O) groups excluding carboxylic acids is 1. The molecule has 1 fully saturated rings. The van der Waals surface area contributed by atoms with Gasteiger partial charge in [-0.3, -0.25) is 9.47 Å². The van der Waals surface area contributed by atoms with Crippen LogP contribution in [0.2, 0.25) is 5.02 Å². The normalized spacial score (nSPS) is 16.5. The Balaban J connectivity index is 1.47. The standard InChI is InChI=1S/C21H22ClN7O2/c1-31-21(30)28-12-15-11-16(22)4-5-17(15)29-19(13-28)25-26-20(29)14-6-9-27(10-7-14)18-3-2-8-23-24-18/h2-5,8,11,14H,6-7,9-10,12-13H2,1H3. The Kier molecular flexibility index (Phi) is 5.19. The molecule has 0 saturated carbocycles. The van der Waals surface area contributed by atoms with Gasteiger partial charge in [0.1, 0.15) is 5.82 Å². The molecule has 0 radical (unpaired) electrons. The molecule has 2 aliphatic heterocycles. The second-order valence-corrected chi connectivity index (χ2v) is 8.19. The molecule has 9 nitrogen and oxygen atoms in total. The maximum absolute atomic E-state index is 12.3. The number of carbonyl (C=O) groups is 1. The third kappa shape index (κ3) is 3.69. The molecule has 0 bridgehead atoms. The Morgan fingerprint density at radius 3 is 2.71 bits per heavy atom. The van der Waals surface area contributed by atoms with E-state index in [1.807, 2.05) is 30.3 Å². The van der Waals surface area contributed by atoms with Crippen molar-refractivity contribution >= 4 is 23.5 Å². The van der Waals surface area contributed by atoms with Crippen molar-refractivity contribution in [3.8, 4) is 5.69 Å². The summed E-state index contributed by atoms with van der Waals surface area (Å²) in [5.41, 5.74) is 1.90. The summed E-state index contributed by atoms with van der Waals surface area (Å²) >= 11 is 6.26. The fraction of sp³-hybridized carbons (Fsp3) is 0.381. The Hall–Kier alpha value is -3.20. The molecule has 0 atom stereocenters. The van der Waals surface area contributed by atoms with Crippen molar-refractivity contribution in [2.24, 2.45) is 0 Å². The number of piperidine rings is 1. The summed E-state index contributed by atoms with van der Waals surface area (Å²) in [7, 11) is 1.38. The van der Waals surface area contributed by atoms with Crippen molar-refractivity contribution in [3.63, 3.8) is 0 Å². The largest absolute Gasteiger partial charge is 0.453 e. The van der Waals surface area contributed by atoms with Crippen LogP contribution in [0.15, 0.2) is 36.5 Å². The average molecular weight is 440 g/mol. The van der Waals surface area contributed by atoms with E-state index < -0.39 is 6.09 Å². The van der Waals surface area contributed by atoms with Crippen LogP contribution >= 0.6 is 11.6 Å². The Morgan fingerprint density at radius 2 is 1.97 bits per heavy atom. The summed E-state index contributed by atoms with van der Waals surface area (Å²) in [5.74, 6) is 2.79. The van der Waals surface area contributed by atoms with Crippen LogP contribution in [-0.4, -0.2) is 56.2 Å². The number of hydrogen-bond donors (Lipinski definition) is 0. The molecule has 160 valence electrons. The molecule has 1 amide bonds. The summed E-state index contributed by atoms with van der Waals surface area (Å²) in [6, 6.07) is 9.62. The molecule has 3 aromatic rings. The zero-order chi connectivity index (χ0) is 21.4. The number of rotatable bonds is 2. The first kappa shape index (κ1) is 19.7. The molecule has 5 rings (SSSR count). The number of amides is 1. The van der Waals surface area contributed by atoms with Crippen LogP contribution in [0.5, 0.6) is 0 Å². The molecule has 10 heteroatoms. The second kappa shape index (κ2) is 8.14. The van der Waals surface area contributed by atoms with E-state index in [1.54, 1.807) is 11.1 Å². The maximum Gasteiger partial charge on any atom is 0.410 e. The number of aromatic nitrogens is 5. The van der Waals surface area contributed by atoms with Gasteiger partial charge >= 0.3 is 6.09 Å². The fourth-order valence-corrected chi connectivity index (χ4v) is 4.57. The molecule has 1 aromatic carbocycles. The van der Waals surface area contributed by atoms with Crippen molar-refractivity contribution in [2.75, 3.05) is 25.1 Å². The molecule has 4 heterocycles. The number of nitrogens with zero attached hydrogens (tertiary/aromatic N) is 7. The third-order valence-electron chi connectivity index (χ3n) is 5.91. The molecule has 0 N–H and O–H groups in total. The Bertz CT molecular complexity index is 1100. The monoisotopic (exact) mass is 439 g/mol. The fourth-order valence-electron chi connectivity index (χ4n) is 4.38. The Labute approximate surface area is 184 Å². The van der Waals surface area contributed by atoms with Gasteiger partial charge in [-0.1, -0.05) is 11.6 Å². The first-order chi connectivity index (χ1) is 15.1. The van der Waals surface area contributed by atoms with Gasteiger partial charge in [0.2, 0.25) is 0 Å². The van der Waals surface area contributed by atoms with Gasteiger partial charge in [-0.2, -0.15) is 5.10 Å². The first-order valence-electron chi connectivity index (χ1n) is 10.2. The second-order valence-electron chi connectivity index (χ2n) is 7.75. The van der Waals surface area contributed by atoms with Crippen molar-refractivity contribution in [2.45, 2.75) is 31.8 Å². The number of halogens is 1. The molecule has 0 aliphatic carbocycles. The lowest BCUT2D eigenvalue weighted by Crippen LogP contribution is -2.34. The van der Waals surface area contributed by atoms with Gasteiger partial charge in [-0.05, 0) is 48.7 Å². The van der Waals surface area contributed by atoms with Crippen molar-refractivity contribution in [1.29, 1.82) is 0 Å². The summed E-state index contributed by atoms with van der Waals surface area (Å²) in [6.45, 7) is 2.46. The maximum atomic E-state index is 12.3. The van der Waals surface area contributed by atoms with Crippen LogP contribution < -0.4 is 4.90 Å². The van der Waals surface area contributed by atoms with Gasteiger partial charge in [-0.25, -0.2) is 4.79 Å². The molecular formula is C21H22ClN7O2. The van der Waals surface area contributed by atoms with E-state index >= 15 is 0 Å². The number of ether oxygens (including phenoxy) is 1. The number of hydrogen-bond acceptors (Lipinski definition) is 7. The highest BCUT2D eigenvalue weighted by molar-refractivity contribution is 6.30. The zero-order valence-corrected chi connectivity index (χ0v) is 17.9. The highest BCUT2D eigenvalue weighted by atomic mass is 35.5. The summed E-state index contributed by atoms with van der Waals surface area (Å²) < 4.78 is 7.06. The molecular weight excluding hydrogens is 418 g/mol. The van der Waals surface area contributed by atoms with Crippen LogP contribution in [0.25, 0.3) is 5.69 Å². The topological polar surface area (TPSA) is 89.3 Å². The van der Waals surface area contributed by atoms with E-state index in [0.717, 1.165) is 54.6 Å². The van der Waals surface area contributed by atoms with Gasteiger partial charge < -0.3 is 9.64 Å². The lowest BCUT2D eigenvalue weighted by atomic mass is 9.95. The molecule has 0 spiro atoms.